The molecule has 4 heteroatoms. The largest absolute Gasteiger partial charge is 0.339 e. The van der Waals surface area contributed by atoms with E-state index in [2.05, 4.69) is 24.0 Å². The van der Waals surface area contributed by atoms with Gasteiger partial charge in [-0.15, -0.1) is 0 Å². The van der Waals surface area contributed by atoms with Gasteiger partial charge < -0.3 is 4.52 Å². The third kappa shape index (κ3) is 2.28. The van der Waals surface area contributed by atoms with Crippen molar-refractivity contribution in [2.45, 2.75) is 39.0 Å². The third-order valence-electron chi connectivity index (χ3n) is 2.06. The minimum Gasteiger partial charge on any atom is -0.339 e. The zero-order valence-electron chi connectivity index (χ0n) is 7.95. The van der Waals surface area contributed by atoms with Crippen LogP contribution in [0.3, 0.4) is 0 Å². The molecule has 13 heavy (non-hydrogen) atoms. The number of hydrogen-bond donors (Lipinski definition) is 0. The van der Waals surface area contributed by atoms with Crippen LogP contribution in [0.15, 0.2) is 4.52 Å². The lowest BCUT2D eigenvalue weighted by Gasteiger charge is -2.03. The first-order valence-corrected chi connectivity index (χ1v) is 4.51. The molecule has 0 aliphatic rings. The molecule has 0 fully saturated rings. The van der Waals surface area contributed by atoms with Crippen LogP contribution in [0.5, 0.6) is 0 Å². The summed E-state index contributed by atoms with van der Waals surface area (Å²) in [7, 11) is 0. The molecule has 0 spiro atoms. The summed E-state index contributed by atoms with van der Waals surface area (Å²) in [6.45, 7) is 4.17. The lowest BCUT2D eigenvalue weighted by Crippen LogP contribution is -1.95. The summed E-state index contributed by atoms with van der Waals surface area (Å²) < 4.78 is 5.05. The van der Waals surface area contributed by atoms with E-state index >= 15 is 0 Å². The van der Waals surface area contributed by atoms with Gasteiger partial charge in [0.25, 0.3) is 0 Å². The maximum absolute atomic E-state index is 8.41. The highest BCUT2D eigenvalue weighted by molar-refractivity contribution is 4.97. The van der Waals surface area contributed by atoms with Gasteiger partial charge in [0.15, 0.2) is 5.82 Å². The van der Waals surface area contributed by atoms with E-state index in [1.54, 1.807) is 0 Å². The van der Waals surface area contributed by atoms with Crippen molar-refractivity contribution in [3.8, 4) is 6.07 Å². The van der Waals surface area contributed by atoms with Gasteiger partial charge in [0.1, 0.15) is 0 Å². The molecule has 0 aliphatic heterocycles. The van der Waals surface area contributed by atoms with Gasteiger partial charge in [-0.1, -0.05) is 19.0 Å². The van der Waals surface area contributed by atoms with Crippen LogP contribution in [0.1, 0.15) is 44.3 Å². The van der Waals surface area contributed by atoms with Crippen molar-refractivity contribution in [1.29, 1.82) is 5.26 Å². The average molecular weight is 179 g/mol. The molecule has 4 nitrogen and oxygen atoms in total. The highest BCUT2D eigenvalue weighted by Gasteiger charge is 2.14. The van der Waals surface area contributed by atoms with Gasteiger partial charge in [-0.05, 0) is 12.8 Å². The van der Waals surface area contributed by atoms with Crippen molar-refractivity contribution in [1.82, 2.24) is 10.1 Å². The lowest BCUT2D eigenvalue weighted by molar-refractivity contribution is 0.343. The molecule has 1 aromatic rings. The fourth-order valence-electron chi connectivity index (χ4n) is 1.21. The molecular weight excluding hydrogens is 166 g/mol. The molecule has 0 atom stereocenters. The zero-order chi connectivity index (χ0) is 9.68. The summed E-state index contributed by atoms with van der Waals surface area (Å²) >= 11 is 0. The fraction of sp³-hybridized carbons (Fsp3) is 0.667. The lowest BCUT2D eigenvalue weighted by atomic mass is 10.0. The second kappa shape index (κ2) is 4.61. The summed E-state index contributed by atoms with van der Waals surface area (Å²) in [5.74, 6) is 1.49. The normalized spacial score (nSPS) is 10.3. The highest BCUT2D eigenvalue weighted by atomic mass is 16.5. The molecule has 0 bridgehead atoms. The van der Waals surface area contributed by atoms with Crippen LogP contribution >= 0.6 is 0 Å². The molecule has 0 N–H and O–H groups in total. The molecule has 1 rings (SSSR count). The van der Waals surface area contributed by atoms with Crippen molar-refractivity contribution >= 4 is 0 Å². The van der Waals surface area contributed by atoms with Crippen LogP contribution in [0.2, 0.25) is 0 Å². The first-order valence-electron chi connectivity index (χ1n) is 4.51. The smallest absolute Gasteiger partial charge is 0.229 e. The summed E-state index contributed by atoms with van der Waals surface area (Å²) in [4.78, 5) is 4.14. The van der Waals surface area contributed by atoms with Crippen molar-refractivity contribution < 1.29 is 4.52 Å². The van der Waals surface area contributed by atoms with Crippen molar-refractivity contribution in [2.75, 3.05) is 0 Å². The first kappa shape index (κ1) is 9.72. The van der Waals surface area contributed by atoms with E-state index in [0.717, 1.165) is 12.8 Å². The molecule has 1 heterocycles. The molecule has 0 amide bonds. The maximum atomic E-state index is 8.41. The number of aromatic nitrogens is 2. The minimum absolute atomic E-state index is 0.226. The van der Waals surface area contributed by atoms with Crippen LogP contribution in [0.4, 0.5) is 0 Å². The van der Waals surface area contributed by atoms with Crippen LogP contribution in [-0.2, 0) is 6.42 Å². The Labute approximate surface area is 77.6 Å². The molecule has 0 aliphatic carbocycles. The van der Waals surface area contributed by atoms with Crippen LogP contribution in [0.25, 0.3) is 0 Å². The van der Waals surface area contributed by atoms with Gasteiger partial charge in [0.2, 0.25) is 5.89 Å². The van der Waals surface area contributed by atoms with E-state index in [1.807, 2.05) is 6.07 Å². The first-order chi connectivity index (χ1) is 6.31. The monoisotopic (exact) mass is 179 g/mol. The number of hydrogen-bond acceptors (Lipinski definition) is 4. The van der Waals surface area contributed by atoms with E-state index in [4.69, 9.17) is 9.78 Å². The molecule has 0 aromatic carbocycles. The fourth-order valence-corrected chi connectivity index (χ4v) is 1.21. The Hall–Kier alpha value is -1.37. The van der Waals surface area contributed by atoms with Crippen molar-refractivity contribution in [3.63, 3.8) is 0 Å². The number of nitriles is 1. The molecule has 70 valence electrons. The minimum atomic E-state index is 0.226. The van der Waals surface area contributed by atoms with Crippen molar-refractivity contribution in [3.05, 3.63) is 11.7 Å². The number of nitrogens with zero attached hydrogens (tertiary/aromatic N) is 3. The second-order valence-corrected chi connectivity index (χ2v) is 2.90. The zero-order valence-corrected chi connectivity index (χ0v) is 7.95. The Kier molecular flexibility index (Phi) is 3.44. The Morgan fingerprint density at radius 3 is 2.69 bits per heavy atom. The summed E-state index contributed by atoms with van der Waals surface area (Å²) in [5, 5.41) is 12.1. The SMILES string of the molecule is CCC(CC)c1nc(CC#N)no1. The van der Waals surface area contributed by atoms with E-state index in [-0.39, 0.29) is 6.42 Å². The molecule has 1 aromatic heterocycles. The van der Waals surface area contributed by atoms with Gasteiger partial charge in [0, 0.05) is 5.92 Å². The highest BCUT2D eigenvalue weighted by Crippen LogP contribution is 2.20. The Balaban J connectivity index is 2.73. The molecule has 0 saturated heterocycles. The molecule has 0 unspecified atom stereocenters. The predicted octanol–water partition coefficient (Wildman–Crippen LogP) is 2.04. The van der Waals surface area contributed by atoms with Gasteiger partial charge in [0.05, 0.1) is 12.5 Å². The molecule has 0 radical (unpaired) electrons. The van der Waals surface area contributed by atoms with Gasteiger partial charge >= 0.3 is 0 Å². The topological polar surface area (TPSA) is 62.7 Å². The predicted molar refractivity (Wildman–Crippen MR) is 46.9 cm³/mol. The quantitative estimate of drug-likeness (QED) is 0.709. The molecular formula is C9H13N3O. The Bertz CT molecular complexity index is 296. The van der Waals surface area contributed by atoms with Gasteiger partial charge in [-0.3, -0.25) is 0 Å². The average Bonchev–Trinajstić information content (AvgIpc) is 2.56. The third-order valence-corrected chi connectivity index (χ3v) is 2.06. The second-order valence-electron chi connectivity index (χ2n) is 2.90. The maximum Gasteiger partial charge on any atom is 0.229 e. The standard InChI is InChI=1S/C9H13N3O/c1-3-7(4-2)9-11-8(5-6-10)12-13-9/h7H,3-5H2,1-2H3. The summed E-state index contributed by atoms with van der Waals surface area (Å²) in [6.07, 6.45) is 2.21. The van der Waals surface area contributed by atoms with Gasteiger partial charge in [-0.25, -0.2) is 0 Å². The van der Waals surface area contributed by atoms with Crippen molar-refractivity contribution in [2.24, 2.45) is 0 Å². The van der Waals surface area contributed by atoms with Crippen LogP contribution in [0, 0.1) is 11.3 Å². The number of rotatable bonds is 4. The van der Waals surface area contributed by atoms with E-state index < -0.39 is 0 Å². The van der Waals surface area contributed by atoms with E-state index in [1.165, 1.54) is 0 Å². The summed E-state index contributed by atoms with van der Waals surface area (Å²) in [6, 6.07) is 1.99. The van der Waals surface area contributed by atoms with Crippen LogP contribution < -0.4 is 0 Å². The van der Waals surface area contributed by atoms with Crippen LogP contribution in [-0.4, -0.2) is 10.1 Å². The summed E-state index contributed by atoms with van der Waals surface area (Å²) in [5.41, 5.74) is 0. The van der Waals surface area contributed by atoms with E-state index in [0.29, 0.717) is 17.6 Å². The Morgan fingerprint density at radius 2 is 2.15 bits per heavy atom. The van der Waals surface area contributed by atoms with E-state index in [9.17, 15) is 0 Å². The van der Waals surface area contributed by atoms with Gasteiger partial charge in [-0.2, -0.15) is 10.2 Å². The Morgan fingerprint density at radius 1 is 1.46 bits per heavy atom. The molecule has 0 saturated carbocycles.